The highest BCUT2D eigenvalue weighted by Gasteiger charge is 2.23. The molecule has 2 heteroatoms. The number of aliphatic hydroxyl groups excluding tert-OH is 1. The molecule has 0 amide bonds. The van der Waals surface area contributed by atoms with E-state index in [-0.39, 0.29) is 12.0 Å². The summed E-state index contributed by atoms with van der Waals surface area (Å²) < 4.78 is 0. The van der Waals surface area contributed by atoms with Crippen LogP contribution in [-0.4, -0.2) is 18.3 Å². The number of hydrogen-bond acceptors (Lipinski definition) is 2. The van der Waals surface area contributed by atoms with Gasteiger partial charge in [-0.15, -0.1) is 0 Å². The zero-order valence-corrected chi connectivity index (χ0v) is 7.33. The quantitative estimate of drug-likeness (QED) is 0.699. The molecule has 0 saturated heterocycles. The Morgan fingerprint density at radius 1 is 1.33 bits per heavy atom. The minimum Gasteiger partial charge on any atom is -0.395 e. The van der Waals surface area contributed by atoms with Gasteiger partial charge in [-0.25, -0.2) is 0 Å². The first-order valence-corrected chi connectivity index (χ1v) is 4.09. The van der Waals surface area contributed by atoms with E-state index in [1.807, 2.05) is 37.3 Å². The second kappa shape index (κ2) is 3.70. The maximum atomic E-state index is 9.16. The summed E-state index contributed by atoms with van der Waals surface area (Å²) in [5.74, 6) is 0. The number of nitrogens with two attached hydrogens (primary N) is 1. The molecular weight excluding hydrogens is 150 g/mol. The van der Waals surface area contributed by atoms with Crippen LogP contribution in [0.1, 0.15) is 12.5 Å². The van der Waals surface area contributed by atoms with Gasteiger partial charge in [-0.1, -0.05) is 37.3 Å². The average molecular weight is 165 g/mol. The Balaban J connectivity index is 2.95. The summed E-state index contributed by atoms with van der Waals surface area (Å²) in [6.07, 6.45) is 0. The van der Waals surface area contributed by atoms with Crippen molar-refractivity contribution < 1.29 is 5.11 Å². The van der Waals surface area contributed by atoms with E-state index in [1.165, 1.54) is 0 Å². The zero-order valence-electron chi connectivity index (χ0n) is 7.33. The Bertz CT molecular complexity index is 229. The first-order chi connectivity index (χ1) is 5.73. The van der Waals surface area contributed by atoms with Gasteiger partial charge in [0.25, 0.3) is 0 Å². The Labute approximate surface area is 73.0 Å². The molecule has 0 spiro atoms. The molecule has 0 fully saturated rings. The van der Waals surface area contributed by atoms with Crippen LogP contribution < -0.4 is 5.73 Å². The van der Waals surface area contributed by atoms with Crippen LogP contribution in [0.15, 0.2) is 30.3 Å². The maximum Gasteiger partial charge on any atom is 0.0537 e. The Morgan fingerprint density at radius 2 is 1.92 bits per heavy atom. The lowest BCUT2D eigenvalue weighted by Gasteiger charge is -2.25. The largest absolute Gasteiger partial charge is 0.395 e. The molecule has 1 aromatic carbocycles. The van der Waals surface area contributed by atoms with Crippen molar-refractivity contribution in [3.8, 4) is 0 Å². The predicted octanol–water partition coefficient (Wildman–Crippen LogP) is 0.895. The third kappa shape index (κ3) is 1.65. The third-order valence-corrected chi connectivity index (χ3v) is 2.27. The molecule has 0 aliphatic rings. The smallest absolute Gasteiger partial charge is 0.0537 e. The molecule has 0 bridgehead atoms. The van der Waals surface area contributed by atoms with Gasteiger partial charge in [-0.05, 0) is 5.56 Å². The van der Waals surface area contributed by atoms with Crippen LogP contribution in [0.5, 0.6) is 0 Å². The molecule has 0 saturated carbocycles. The lowest BCUT2D eigenvalue weighted by Crippen LogP contribution is -2.35. The van der Waals surface area contributed by atoms with Crippen LogP contribution in [0.4, 0.5) is 0 Å². The van der Waals surface area contributed by atoms with E-state index in [2.05, 4.69) is 0 Å². The monoisotopic (exact) mass is 165 g/mol. The van der Waals surface area contributed by atoms with Gasteiger partial charge >= 0.3 is 0 Å². The van der Waals surface area contributed by atoms with E-state index in [4.69, 9.17) is 10.8 Å². The van der Waals surface area contributed by atoms with Crippen LogP contribution in [-0.2, 0) is 5.41 Å². The fourth-order valence-corrected chi connectivity index (χ4v) is 1.11. The fraction of sp³-hybridized carbons (Fsp3) is 0.400. The first kappa shape index (κ1) is 9.23. The van der Waals surface area contributed by atoms with Crippen LogP contribution in [0.3, 0.4) is 0 Å². The van der Waals surface area contributed by atoms with Crippen LogP contribution in [0.25, 0.3) is 0 Å². The number of benzene rings is 1. The van der Waals surface area contributed by atoms with Gasteiger partial charge in [-0.3, -0.25) is 0 Å². The van der Waals surface area contributed by atoms with Gasteiger partial charge in [0.15, 0.2) is 0 Å². The molecule has 1 unspecified atom stereocenters. The number of rotatable bonds is 3. The molecule has 3 N–H and O–H groups in total. The Kier molecular flexibility index (Phi) is 2.84. The van der Waals surface area contributed by atoms with Crippen molar-refractivity contribution in [2.45, 2.75) is 12.3 Å². The van der Waals surface area contributed by atoms with Crippen molar-refractivity contribution in [3.05, 3.63) is 35.9 Å². The Hall–Kier alpha value is -0.860. The van der Waals surface area contributed by atoms with Crippen LogP contribution >= 0.6 is 0 Å². The number of hydrogen-bond donors (Lipinski definition) is 2. The van der Waals surface area contributed by atoms with Crippen LogP contribution in [0, 0.1) is 0 Å². The standard InChI is InChI=1S/C10H15NO/c1-10(7-11,8-12)9-5-3-2-4-6-9/h2-6,12H,7-8,11H2,1H3. The molecule has 0 aliphatic carbocycles. The molecule has 1 aromatic rings. The SMILES string of the molecule is CC(CN)(CO)c1ccccc1. The lowest BCUT2D eigenvalue weighted by atomic mass is 9.83. The van der Waals surface area contributed by atoms with E-state index in [1.54, 1.807) is 0 Å². The normalized spacial score (nSPS) is 15.6. The van der Waals surface area contributed by atoms with E-state index >= 15 is 0 Å². The molecule has 0 heterocycles. The zero-order chi connectivity index (χ0) is 9.03. The van der Waals surface area contributed by atoms with Crippen molar-refractivity contribution >= 4 is 0 Å². The second-order valence-corrected chi connectivity index (χ2v) is 3.29. The third-order valence-electron chi connectivity index (χ3n) is 2.27. The predicted molar refractivity (Wildman–Crippen MR) is 49.9 cm³/mol. The molecule has 2 nitrogen and oxygen atoms in total. The maximum absolute atomic E-state index is 9.16. The molecular formula is C10H15NO. The summed E-state index contributed by atoms with van der Waals surface area (Å²) in [4.78, 5) is 0. The summed E-state index contributed by atoms with van der Waals surface area (Å²) in [5, 5.41) is 9.16. The number of aliphatic hydroxyl groups is 1. The molecule has 66 valence electrons. The lowest BCUT2D eigenvalue weighted by molar-refractivity contribution is 0.210. The highest BCUT2D eigenvalue weighted by atomic mass is 16.3. The summed E-state index contributed by atoms with van der Waals surface area (Å²) in [6.45, 7) is 2.52. The van der Waals surface area contributed by atoms with Gasteiger partial charge in [0.05, 0.1) is 6.61 Å². The van der Waals surface area contributed by atoms with Crippen molar-refractivity contribution in [2.75, 3.05) is 13.2 Å². The molecule has 0 aliphatic heterocycles. The summed E-state index contributed by atoms with van der Waals surface area (Å²) in [5.41, 5.74) is 6.39. The molecule has 1 rings (SSSR count). The minimum atomic E-state index is -0.290. The van der Waals surface area contributed by atoms with Gasteiger partial charge in [-0.2, -0.15) is 0 Å². The molecule has 1 atom stereocenters. The van der Waals surface area contributed by atoms with Gasteiger partial charge in [0.2, 0.25) is 0 Å². The van der Waals surface area contributed by atoms with Crippen molar-refractivity contribution in [3.63, 3.8) is 0 Å². The van der Waals surface area contributed by atoms with Crippen molar-refractivity contribution in [1.82, 2.24) is 0 Å². The van der Waals surface area contributed by atoms with E-state index in [0.717, 1.165) is 5.56 Å². The van der Waals surface area contributed by atoms with Crippen LogP contribution in [0.2, 0.25) is 0 Å². The fourth-order valence-electron chi connectivity index (χ4n) is 1.11. The van der Waals surface area contributed by atoms with Gasteiger partial charge in [0, 0.05) is 12.0 Å². The molecule has 0 radical (unpaired) electrons. The summed E-state index contributed by atoms with van der Waals surface area (Å²) >= 11 is 0. The minimum absolute atomic E-state index is 0.0908. The molecule has 12 heavy (non-hydrogen) atoms. The Morgan fingerprint density at radius 3 is 2.33 bits per heavy atom. The average Bonchev–Trinajstić information content (AvgIpc) is 2.18. The van der Waals surface area contributed by atoms with Crippen molar-refractivity contribution in [1.29, 1.82) is 0 Å². The van der Waals surface area contributed by atoms with E-state index < -0.39 is 0 Å². The topological polar surface area (TPSA) is 46.2 Å². The van der Waals surface area contributed by atoms with Gasteiger partial charge < -0.3 is 10.8 Å². The summed E-state index contributed by atoms with van der Waals surface area (Å²) in [7, 11) is 0. The van der Waals surface area contributed by atoms with E-state index in [0.29, 0.717) is 6.54 Å². The van der Waals surface area contributed by atoms with Crippen molar-refractivity contribution in [2.24, 2.45) is 5.73 Å². The van der Waals surface area contributed by atoms with Gasteiger partial charge in [0.1, 0.15) is 0 Å². The highest BCUT2D eigenvalue weighted by Crippen LogP contribution is 2.20. The highest BCUT2D eigenvalue weighted by molar-refractivity contribution is 5.24. The van der Waals surface area contributed by atoms with E-state index in [9.17, 15) is 0 Å². The second-order valence-electron chi connectivity index (χ2n) is 3.29. The molecule has 0 aromatic heterocycles. The summed E-state index contributed by atoms with van der Waals surface area (Å²) in [6, 6.07) is 9.85. The first-order valence-electron chi connectivity index (χ1n) is 4.09.